The topological polar surface area (TPSA) is 49.3 Å². The Kier molecular flexibility index (Phi) is 5.39. The van der Waals surface area contributed by atoms with Gasteiger partial charge in [0.2, 0.25) is 0 Å². The van der Waals surface area contributed by atoms with Crippen molar-refractivity contribution in [3.63, 3.8) is 0 Å². The van der Waals surface area contributed by atoms with Gasteiger partial charge in [0.05, 0.1) is 0 Å². The minimum absolute atomic E-state index is 0.170. The van der Waals surface area contributed by atoms with E-state index in [9.17, 15) is 4.79 Å². The summed E-state index contributed by atoms with van der Waals surface area (Å²) in [7, 11) is 0. The maximum absolute atomic E-state index is 12.0. The standard InChI is InChI=1S/C17H14ClNO2/c18-16-6-2-1-5-15(16)12-19-17(21)14-9-7-13(8-10-14)4-3-11-20/h1-2,5-10,20H,11-12H2,(H,19,21). The van der Waals surface area contributed by atoms with Crippen LogP contribution in [0.4, 0.5) is 0 Å². The Labute approximate surface area is 128 Å². The largest absolute Gasteiger partial charge is 0.384 e. The third-order valence-corrected chi connectivity index (χ3v) is 3.22. The fraction of sp³-hybridized carbons (Fsp3) is 0.118. The first-order valence-corrected chi connectivity index (χ1v) is 6.80. The van der Waals surface area contributed by atoms with Gasteiger partial charge in [0.1, 0.15) is 6.61 Å². The molecule has 0 atom stereocenters. The van der Waals surface area contributed by atoms with Gasteiger partial charge in [-0.3, -0.25) is 4.79 Å². The molecule has 0 unspecified atom stereocenters. The third kappa shape index (κ3) is 4.35. The van der Waals surface area contributed by atoms with Crippen molar-refractivity contribution in [2.24, 2.45) is 0 Å². The van der Waals surface area contributed by atoms with Crippen molar-refractivity contribution in [2.45, 2.75) is 6.54 Å². The Morgan fingerprint density at radius 1 is 1.14 bits per heavy atom. The van der Waals surface area contributed by atoms with Crippen LogP contribution in [0.2, 0.25) is 5.02 Å². The molecule has 2 aromatic carbocycles. The number of carbonyl (C=O) groups is 1. The molecule has 4 heteroatoms. The van der Waals surface area contributed by atoms with Gasteiger partial charge in [0.25, 0.3) is 5.91 Å². The van der Waals surface area contributed by atoms with Crippen molar-refractivity contribution in [3.8, 4) is 11.8 Å². The average molecular weight is 300 g/mol. The summed E-state index contributed by atoms with van der Waals surface area (Å²) in [6, 6.07) is 14.3. The first-order valence-electron chi connectivity index (χ1n) is 6.42. The predicted molar refractivity (Wildman–Crippen MR) is 83.0 cm³/mol. The molecular formula is C17H14ClNO2. The molecule has 0 saturated heterocycles. The lowest BCUT2D eigenvalue weighted by Gasteiger charge is -2.07. The molecule has 0 spiro atoms. The zero-order valence-corrected chi connectivity index (χ0v) is 12.0. The fourth-order valence-corrected chi connectivity index (χ4v) is 1.97. The molecule has 0 bridgehead atoms. The predicted octanol–water partition coefficient (Wildman–Crippen LogP) is 2.61. The van der Waals surface area contributed by atoms with Crippen LogP contribution in [-0.2, 0) is 6.54 Å². The van der Waals surface area contributed by atoms with Crippen LogP contribution < -0.4 is 5.32 Å². The van der Waals surface area contributed by atoms with Crippen LogP contribution in [0.25, 0.3) is 0 Å². The summed E-state index contributed by atoms with van der Waals surface area (Å²) in [5.41, 5.74) is 2.18. The van der Waals surface area contributed by atoms with E-state index in [0.717, 1.165) is 11.1 Å². The van der Waals surface area contributed by atoms with Gasteiger partial charge < -0.3 is 10.4 Å². The second-order valence-corrected chi connectivity index (χ2v) is 4.72. The van der Waals surface area contributed by atoms with Crippen LogP contribution in [0.1, 0.15) is 21.5 Å². The average Bonchev–Trinajstić information content (AvgIpc) is 2.52. The summed E-state index contributed by atoms with van der Waals surface area (Å²) in [6.07, 6.45) is 0. The minimum Gasteiger partial charge on any atom is -0.384 e. The second-order valence-electron chi connectivity index (χ2n) is 4.31. The lowest BCUT2D eigenvalue weighted by Crippen LogP contribution is -2.22. The molecule has 0 aliphatic heterocycles. The van der Waals surface area contributed by atoms with Crippen LogP contribution in [0.5, 0.6) is 0 Å². The summed E-state index contributed by atoms with van der Waals surface area (Å²) in [6.45, 7) is 0.199. The van der Waals surface area contributed by atoms with E-state index in [0.29, 0.717) is 17.1 Å². The van der Waals surface area contributed by atoms with Crippen LogP contribution in [0.15, 0.2) is 48.5 Å². The van der Waals surface area contributed by atoms with E-state index in [2.05, 4.69) is 17.2 Å². The number of hydrogen-bond donors (Lipinski definition) is 2. The van der Waals surface area contributed by atoms with Gasteiger partial charge >= 0.3 is 0 Å². The Morgan fingerprint density at radius 3 is 2.52 bits per heavy atom. The van der Waals surface area contributed by atoms with Crippen LogP contribution >= 0.6 is 11.6 Å². The monoisotopic (exact) mass is 299 g/mol. The number of rotatable bonds is 3. The molecule has 2 rings (SSSR count). The van der Waals surface area contributed by atoms with Gasteiger partial charge in [-0.05, 0) is 35.9 Å². The van der Waals surface area contributed by atoms with Crippen molar-refractivity contribution in [1.29, 1.82) is 0 Å². The highest BCUT2D eigenvalue weighted by Gasteiger charge is 2.06. The van der Waals surface area contributed by atoms with Gasteiger partial charge in [-0.25, -0.2) is 0 Å². The SMILES string of the molecule is O=C(NCc1ccccc1Cl)c1ccc(C#CCO)cc1. The van der Waals surface area contributed by atoms with Crippen molar-refractivity contribution in [3.05, 3.63) is 70.2 Å². The van der Waals surface area contributed by atoms with Crippen molar-refractivity contribution < 1.29 is 9.90 Å². The Bertz CT molecular complexity index is 684. The van der Waals surface area contributed by atoms with E-state index in [4.69, 9.17) is 16.7 Å². The lowest BCUT2D eigenvalue weighted by atomic mass is 10.1. The van der Waals surface area contributed by atoms with E-state index in [1.807, 2.05) is 18.2 Å². The molecule has 1 amide bonds. The first-order chi connectivity index (χ1) is 10.2. The first kappa shape index (κ1) is 15.1. The molecule has 0 saturated carbocycles. The fourth-order valence-electron chi connectivity index (χ4n) is 1.77. The number of benzene rings is 2. The number of aliphatic hydroxyl groups is 1. The molecule has 106 valence electrons. The number of hydrogen-bond acceptors (Lipinski definition) is 2. The van der Waals surface area contributed by atoms with Crippen molar-refractivity contribution in [2.75, 3.05) is 6.61 Å². The van der Waals surface area contributed by atoms with Crippen molar-refractivity contribution >= 4 is 17.5 Å². The number of amides is 1. The highest BCUT2D eigenvalue weighted by atomic mass is 35.5. The van der Waals surface area contributed by atoms with Crippen LogP contribution in [0.3, 0.4) is 0 Å². The molecule has 0 heterocycles. The smallest absolute Gasteiger partial charge is 0.251 e. The molecule has 3 nitrogen and oxygen atoms in total. The van der Waals surface area contributed by atoms with E-state index in [1.54, 1.807) is 30.3 Å². The van der Waals surface area contributed by atoms with Gasteiger partial charge in [0, 0.05) is 22.7 Å². The van der Waals surface area contributed by atoms with Gasteiger partial charge in [-0.2, -0.15) is 0 Å². The van der Waals surface area contributed by atoms with Crippen molar-refractivity contribution in [1.82, 2.24) is 5.32 Å². The number of carbonyl (C=O) groups excluding carboxylic acids is 1. The van der Waals surface area contributed by atoms with E-state index in [-0.39, 0.29) is 12.5 Å². The molecule has 0 aromatic heterocycles. The normalized spacial score (nSPS) is 9.62. The van der Waals surface area contributed by atoms with Crippen LogP contribution in [-0.4, -0.2) is 17.6 Å². The summed E-state index contributed by atoms with van der Waals surface area (Å²) < 4.78 is 0. The molecule has 21 heavy (non-hydrogen) atoms. The molecule has 0 fully saturated rings. The summed E-state index contributed by atoms with van der Waals surface area (Å²) in [5, 5.41) is 12.1. The highest BCUT2D eigenvalue weighted by Crippen LogP contribution is 2.14. The summed E-state index contributed by atoms with van der Waals surface area (Å²) >= 11 is 6.04. The van der Waals surface area contributed by atoms with E-state index in [1.165, 1.54) is 0 Å². The molecule has 2 N–H and O–H groups in total. The second kappa shape index (κ2) is 7.49. The van der Waals surface area contributed by atoms with Gasteiger partial charge in [0.15, 0.2) is 0 Å². The molecule has 0 aliphatic carbocycles. The summed E-state index contributed by atoms with van der Waals surface area (Å²) in [5.74, 6) is 5.16. The lowest BCUT2D eigenvalue weighted by molar-refractivity contribution is 0.0951. The quantitative estimate of drug-likeness (QED) is 0.856. The molecule has 0 radical (unpaired) electrons. The minimum atomic E-state index is -0.180. The zero-order chi connectivity index (χ0) is 15.1. The zero-order valence-electron chi connectivity index (χ0n) is 11.3. The van der Waals surface area contributed by atoms with E-state index < -0.39 is 0 Å². The maximum Gasteiger partial charge on any atom is 0.251 e. The maximum atomic E-state index is 12.0. The van der Waals surface area contributed by atoms with Crippen LogP contribution in [0, 0.1) is 11.8 Å². The number of aliphatic hydroxyl groups excluding tert-OH is 1. The van der Waals surface area contributed by atoms with Gasteiger partial charge in [-0.15, -0.1) is 0 Å². The van der Waals surface area contributed by atoms with E-state index >= 15 is 0 Å². The molecular weight excluding hydrogens is 286 g/mol. The number of halogens is 1. The number of nitrogens with one attached hydrogen (secondary N) is 1. The Hall–Kier alpha value is -2.28. The molecule has 2 aromatic rings. The third-order valence-electron chi connectivity index (χ3n) is 2.86. The van der Waals surface area contributed by atoms with Gasteiger partial charge in [-0.1, -0.05) is 41.6 Å². The Balaban J connectivity index is 1.99. The Morgan fingerprint density at radius 2 is 1.86 bits per heavy atom. The summed E-state index contributed by atoms with van der Waals surface area (Å²) in [4.78, 5) is 12.0. The highest BCUT2D eigenvalue weighted by molar-refractivity contribution is 6.31. The molecule has 0 aliphatic rings.